The van der Waals surface area contributed by atoms with Crippen LogP contribution in [0.2, 0.25) is 0 Å². The molecule has 0 saturated carbocycles. The average molecular weight is 313 g/mol. The number of nitrogens with two attached hydrogens (primary N) is 1. The Morgan fingerprint density at radius 3 is 2.72 bits per heavy atom. The van der Waals surface area contributed by atoms with E-state index in [0.29, 0.717) is 16.7 Å². The van der Waals surface area contributed by atoms with Crippen molar-refractivity contribution in [1.29, 1.82) is 0 Å². The number of furan rings is 1. The van der Waals surface area contributed by atoms with Crippen LogP contribution in [0.5, 0.6) is 0 Å². The fourth-order valence-corrected chi connectivity index (χ4v) is 2.10. The molecule has 0 unspecified atom stereocenters. The van der Waals surface area contributed by atoms with E-state index in [-0.39, 0.29) is 5.82 Å². The topological polar surface area (TPSA) is 42.4 Å². The first-order chi connectivity index (χ1) is 8.47. The van der Waals surface area contributed by atoms with Gasteiger partial charge in [0, 0.05) is 13.1 Å². The fraction of sp³-hybridized carbons (Fsp3) is 0.231. The molecule has 2 N–H and O–H groups in total. The summed E-state index contributed by atoms with van der Waals surface area (Å²) in [5.41, 5.74) is 6.98. The van der Waals surface area contributed by atoms with Crippen LogP contribution in [0.25, 0.3) is 0 Å². The summed E-state index contributed by atoms with van der Waals surface area (Å²) in [5, 5.41) is 0. The van der Waals surface area contributed by atoms with Crippen molar-refractivity contribution in [3.63, 3.8) is 0 Å². The SMILES string of the molecule is Cc1ccc(CN(C)c2cc(Br)c(F)cc2N)o1. The van der Waals surface area contributed by atoms with E-state index in [1.807, 2.05) is 31.0 Å². The van der Waals surface area contributed by atoms with E-state index in [1.165, 1.54) is 6.07 Å². The smallest absolute Gasteiger partial charge is 0.139 e. The van der Waals surface area contributed by atoms with Gasteiger partial charge in [0.25, 0.3) is 0 Å². The molecular formula is C13H14BrFN2O. The van der Waals surface area contributed by atoms with Gasteiger partial charge in [-0.25, -0.2) is 4.39 Å². The highest BCUT2D eigenvalue weighted by Gasteiger charge is 2.11. The van der Waals surface area contributed by atoms with Gasteiger partial charge in [-0.2, -0.15) is 0 Å². The Morgan fingerprint density at radius 1 is 1.39 bits per heavy atom. The molecule has 1 aromatic carbocycles. The van der Waals surface area contributed by atoms with Gasteiger partial charge >= 0.3 is 0 Å². The second-order valence-corrected chi connectivity index (χ2v) is 5.05. The number of hydrogen-bond donors (Lipinski definition) is 1. The minimum Gasteiger partial charge on any atom is -0.464 e. The molecular weight excluding hydrogens is 299 g/mol. The molecule has 5 heteroatoms. The maximum Gasteiger partial charge on any atom is 0.139 e. The molecule has 3 nitrogen and oxygen atoms in total. The van der Waals surface area contributed by atoms with Crippen molar-refractivity contribution < 1.29 is 8.81 Å². The minimum absolute atomic E-state index is 0.363. The molecule has 1 aromatic heterocycles. The molecule has 96 valence electrons. The largest absolute Gasteiger partial charge is 0.464 e. The number of nitrogen functional groups attached to an aromatic ring is 1. The number of aryl methyl sites for hydroxylation is 1. The molecule has 0 bridgehead atoms. The highest BCUT2D eigenvalue weighted by Crippen LogP contribution is 2.30. The molecule has 0 aliphatic heterocycles. The Balaban J connectivity index is 2.23. The van der Waals surface area contributed by atoms with Crippen molar-refractivity contribution in [2.75, 3.05) is 17.7 Å². The van der Waals surface area contributed by atoms with Crippen molar-refractivity contribution in [2.45, 2.75) is 13.5 Å². The van der Waals surface area contributed by atoms with Crippen LogP contribution >= 0.6 is 15.9 Å². The van der Waals surface area contributed by atoms with Gasteiger partial charge in [0.2, 0.25) is 0 Å². The van der Waals surface area contributed by atoms with Crippen LogP contribution in [0, 0.1) is 12.7 Å². The van der Waals surface area contributed by atoms with Crippen LogP contribution in [-0.4, -0.2) is 7.05 Å². The van der Waals surface area contributed by atoms with Gasteiger partial charge in [-0.05, 0) is 41.1 Å². The molecule has 0 aliphatic rings. The number of halogens is 2. The number of benzene rings is 1. The second-order valence-electron chi connectivity index (χ2n) is 4.19. The van der Waals surface area contributed by atoms with Crippen LogP contribution < -0.4 is 10.6 Å². The van der Waals surface area contributed by atoms with Crippen LogP contribution in [0.15, 0.2) is 33.2 Å². The average Bonchev–Trinajstić information content (AvgIpc) is 2.69. The van der Waals surface area contributed by atoms with Crippen molar-refractivity contribution in [1.82, 2.24) is 0 Å². The minimum atomic E-state index is -0.363. The third kappa shape index (κ3) is 2.67. The van der Waals surface area contributed by atoms with Crippen molar-refractivity contribution in [3.05, 3.63) is 46.1 Å². The molecule has 0 saturated heterocycles. The maximum atomic E-state index is 13.3. The number of rotatable bonds is 3. The lowest BCUT2D eigenvalue weighted by Crippen LogP contribution is -2.17. The third-order valence-electron chi connectivity index (χ3n) is 2.67. The van der Waals surface area contributed by atoms with E-state index in [1.54, 1.807) is 6.07 Å². The Bertz CT molecular complexity index is 568. The van der Waals surface area contributed by atoms with E-state index in [9.17, 15) is 4.39 Å². The third-order valence-corrected chi connectivity index (χ3v) is 3.28. The maximum absolute atomic E-state index is 13.3. The fourth-order valence-electron chi connectivity index (χ4n) is 1.77. The second kappa shape index (κ2) is 5.02. The summed E-state index contributed by atoms with van der Waals surface area (Å²) in [6, 6.07) is 6.80. The zero-order valence-electron chi connectivity index (χ0n) is 10.2. The quantitative estimate of drug-likeness (QED) is 0.879. The van der Waals surface area contributed by atoms with Gasteiger partial charge in [-0.15, -0.1) is 0 Å². The van der Waals surface area contributed by atoms with Crippen LogP contribution in [-0.2, 0) is 6.54 Å². The summed E-state index contributed by atoms with van der Waals surface area (Å²) >= 11 is 3.16. The molecule has 18 heavy (non-hydrogen) atoms. The van der Waals surface area contributed by atoms with Crippen LogP contribution in [0.3, 0.4) is 0 Å². The zero-order chi connectivity index (χ0) is 13.3. The van der Waals surface area contributed by atoms with E-state index in [2.05, 4.69) is 15.9 Å². The van der Waals surface area contributed by atoms with Crippen LogP contribution in [0.1, 0.15) is 11.5 Å². The van der Waals surface area contributed by atoms with Gasteiger partial charge in [0.1, 0.15) is 17.3 Å². The van der Waals surface area contributed by atoms with Gasteiger partial charge < -0.3 is 15.1 Å². The Hall–Kier alpha value is -1.49. The van der Waals surface area contributed by atoms with Gasteiger partial charge in [-0.1, -0.05) is 0 Å². The van der Waals surface area contributed by atoms with Gasteiger partial charge in [0.05, 0.1) is 22.4 Å². The molecule has 0 aliphatic carbocycles. The molecule has 0 fully saturated rings. The molecule has 2 aromatic rings. The molecule has 0 spiro atoms. The first-order valence-electron chi connectivity index (χ1n) is 5.48. The summed E-state index contributed by atoms with van der Waals surface area (Å²) in [7, 11) is 1.88. The highest BCUT2D eigenvalue weighted by molar-refractivity contribution is 9.10. The lowest BCUT2D eigenvalue weighted by Gasteiger charge is -2.20. The number of anilines is 2. The van der Waals surface area contributed by atoms with E-state index in [0.717, 1.165) is 17.2 Å². The molecule has 2 rings (SSSR count). The predicted molar refractivity (Wildman–Crippen MR) is 74.1 cm³/mol. The standard InChI is InChI=1S/C13H14BrFN2O/c1-8-3-4-9(18-8)7-17(2)13-5-10(14)11(15)6-12(13)16/h3-6H,7,16H2,1-2H3. The van der Waals surface area contributed by atoms with Gasteiger partial charge in [0.15, 0.2) is 0 Å². The van der Waals surface area contributed by atoms with Crippen molar-refractivity contribution >= 4 is 27.3 Å². The lowest BCUT2D eigenvalue weighted by molar-refractivity contribution is 0.482. The van der Waals surface area contributed by atoms with E-state index < -0.39 is 0 Å². The van der Waals surface area contributed by atoms with Gasteiger partial charge in [-0.3, -0.25) is 0 Å². The van der Waals surface area contributed by atoms with E-state index in [4.69, 9.17) is 10.2 Å². The summed E-state index contributed by atoms with van der Waals surface area (Å²) in [5.74, 6) is 1.35. The lowest BCUT2D eigenvalue weighted by atomic mass is 10.2. The summed E-state index contributed by atoms with van der Waals surface area (Å²) in [4.78, 5) is 1.91. The Morgan fingerprint density at radius 2 is 2.11 bits per heavy atom. The highest BCUT2D eigenvalue weighted by atomic mass is 79.9. The summed E-state index contributed by atoms with van der Waals surface area (Å²) in [6.45, 7) is 2.47. The molecule has 0 atom stereocenters. The van der Waals surface area contributed by atoms with Crippen LogP contribution in [0.4, 0.5) is 15.8 Å². The van der Waals surface area contributed by atoms with E-state index >= 15 is 0 Å². The molecule has 1 heterocycles. The number of nitrogens with zero attached hydrogens (tertiary/aromatic N) is 1. The summed E-state index contributed by atoms with van der Waals surface area (Å²) < 4.78 is 19.2. The normalized spacial score (nSPS) is 10.7. The molecule has 0 amide bonds. The first kappa shape index (κ1) is 13.0. The predicted octanol–water partition coefficient (Wildman–Crippen LogP) is 3.71. The zero-order valence-corrected chi connectivity index (χ0v) is 11.8. The van der Waals surface area contributed by atoms with Crippen molar-refractivity contribution in [3.8, 4) is 0 Å². The monoisotopic (exact) mass is 312 g/mol. The summed E-state index contributed by atoms with van der Waals surface area (Å²) in [6.07, 6.45) is 0. The van der Waals surface area contributed by atoms with Crippen molar-refractivity contribution in [2.24, 2.45) is 0 Å². The Labute approximate surface area is 114 Å². The number of hydrogen-bond acceptors (Lipinski definition) is 3. The Kier molecular flexibility index (Phi) is 3.61. The molecule has 0 radical (unpaired) electrons. The first-order valence-corrected chi connectivity index (χ1v) is 6.27.